The summed E-state index contributed by atoms with van der Waals surface area (Å²) >= 11 is 0. The summed E-state index contributed by atoms with van der Waals surface area (Å²) < 4.78 is 15.8. The zero-order valence-electron chi connectivity index (χ0n) is 14.7. The molecule has 1 amide bonds. The molecule has 1 unspecified atom stereocenters. The lowest BCUT2D eigenvalue weighted by Gasteiger charge is -2.28. The number of carbonyl (C=O) groups is 1. The molecule has 6 heteroatoms. The molecule has 0 radical (unpaired) electrons. The molecule has 22 heavy (non-hydrogen) atoms. The van der Waals surface area contributed by atoms with Gasteiger partial charge in [0, 0.05) is 39.9 Å². The highest BCUT2D eigenvalue weighted by Crippen LogP contribution is 2.32. The first-order chi connectivity index (χ1) is 10.4. The van der Waals surface area contributed by atoms with Crippen LogP contribution < -0.4 is 5.32 Å². The van der Waals surface area contributed by atoms with E-state index >= 15 is 0 Å². The van der Waals surface area contributed by atoms with Gasteiger partial charge in [0.15, 0.2) is 0 Å². The monoisotopic (exact) mass is 316 g/mol. The molecule has 0 aliphatic heterocycles. The number of ether oxygens (including phenoxy) is 3. The van der Waals surface area contributed by atoms with Crippen LogP contribution in [0.5, 0.6) is 0 Å². The van der Waals surface area contributed by atoms with Gasteiger partial charge in [-0.1, -0.05) is 0 Å². The van der Waals surface area contributed by atoms with Crippen molar-refractivity contribution in [3.05, 3.63) is 0 Å². The lowest BCUT2D eigenvalue weighted by Crippen LogP contribution is -2.45. The molecule has 0 spiro atoms. The van der Waals surface area contributed by atoms with Crippen LogP contribution in [0.4, 0.5) is 4.79 Å². The highest BCUT2D eigenvalue weighted by Gasteiger charge is 2.31. The molecular weight excluding hydrogens is 284 g/mol. The predicted octanol–water partition coefficient (Wildman–Crippen LogP) is 1.88. The second-order valence-corrected chi connectivity index (χ2v) is 6.81. The first-order valence-corrected chi connectivity index (χ1v) is 8.06. The third kappa shape index (κ3) is 7.96. The molecule has 130 valence electrons. The van der Waals surface area contributed by atoms with Crippen LogP contribution >= 0.6 is 0 Å². The van der Waals surface area contributed by atoms with Crippen molar-refractivity contribution >= 4 is 6.09 Å². The summed E-state index contributed by atoms with van der Waals surface area (Å²) in [5.74, 6) is 0.717. The molecule has 0 aromatic rings. The highest BCUT2D eigenvalue weighted by molar-refractivity contribution is 5.68. The van der Waals surface area contributed by atoms with Gasteiger partial charge in [-0.05, 0) is 39.5 Å². The van der Waals surface area contributed by atoms with Gasteiger partial charge in [-0.3, -0.25) is 0 Å². The first kappa shape index (κ1) is 19.2. The number of nitrogens with one attached hydrogen (secondary N) is 1. The van der Waals surface area contributed by atoms with Crippen LogP contribution in [0.1, 0.15) is 33.6 Å². The fraction of sp³-hybridized carbons (Fsp3) is 0.938. The third-order valence-corrected chi connectivity index (χ3v) is 3.54. The first-order valence-electron chi connectivity index (χ1n) is 8.06. The van der Waals surface area contributed by atoms with E-state index in [4.69, 9.17) is 14.2 Å². The molecule has 1 atom stereocenters. The molecule has 1 saturated carbocycles. The fourth-order valence-electron chi connectivity index (χ4n) is 2.25. The Kier molecular flexibility index (Phi) is 8.14. The summed E-state index contributed by atoms with van der Waals surface area (Å²) in [6.45, 7) is 8.71. The van der Waals surface area contributed by atoms with E-state index in [9.17, 15) is 4.79 Å². The van der Waals surface area contributed by atoms with E-state index in [1.807, 2.05) is 20.8 Å². The third-order valence-electron chi connectivity index (χ3n) is 3.54. The minimum absolute atomic E-state index is 0.291. The Balaban J connectivity index is 2.40. The lowest BCUT2D eigenvalue weighted by atomic mass is 10.2. The van der Waals surface area contributed by atoms with E-state index in [2.05, 4.69) is 5.32 Å². The van der Waals surface area contributed by atoms with Crippen LogP contribution in [-0.4, -0.2) is 69.7 Å². The average Bonchev–Trinajstić information content (AvgIpc) is 3.23. The van der Waals surface area contributed by atoms with Crippen LogP contribution in [0.25, 0.3) is 0 Å². The smallest absolute Gasteiger partial charge is 0.410 e. The van der Waals surface area contributed by atoms with Gasteiger partial charge in [0.2, 0.25) is 0 Å². The molecule has 1 aliphatic carbocycles. The molecule has 0 heterocycles. The Hall–Kier alpha value is -0.850. The van der Waals surface area contributed by atoms with Crippen molar-refractivity contribution in [3.8, 4) is 0 Å². The summed E-state index contributed by atoms with van der Waals surface area (Å²) in [5.41, 5.74) is -0.484. The van der Waals surface area contributed by atoms with Crippen molar-refractivity contribution in [2.24, 2.45) is 5.92 Å². The molecule has 1 aliphatic rings. The van der Waals surface area contributed by atoms with Gasteiger partial charge in [-0.25, -0.2) is 4.79 Å². The van der Waals surface area contributed by atoms with Gasteiger partial charge in [-0.15, -0.1) is 0 Å². The highest BCUT2D eigenvalue weighted by atomic mass is 16.6. The maximum atomic E-state index is 12.2. The van der Waals surface area contributed by atoms with E-state index < -0.39 is 5.60 Å². The second-order valence-electron chi connectivity index (χ2n) is 6.81. The summed E-state index contributed by atoms with van der Waals surface area (Å²) in [6.07, 6.45) is 2.24. The number of methoxy groups -OCH3 is 2. The van der Waals surface area contributed by atoms with E-state index in [0.717, 1.165) is 13.2 Å². The molecule has 6 nitrogen and oxygen atoms in total. The maximum absolute atomic E-state index is 12.2. The van der Waals surface area contributed by atoms with Crippen LogP contribution in [0, 0.1) is 5.92 Å². The molecular formula is C16H32N2O4. The second kappa shape index (κ2) is 9.33. The summed E-state index contributed by atoms with van der Waals surface area (Å²) in [4.78, 5) is 13.9. The molecule has 0 aromatic heterocycles. The normalized spacial score (nSPS) is 16.4. The Morgan fingerprint density at radius 1 is 1.23 bits per heavy atom. The summed E-state index contributed by atoms with van der Waals surface area (Å²) in [5, 5.41) is 3.49. The summed E-state index contributed by atoms with van der Waals surface area (Å²) in [6, 6.07) is 0.382. The average molecular weight is 316 g/mol. The van der Waals surface area contributed by atoms with Crippen molar-refractivity contribution in [2.75, 3.05) is 47.1 Å². The predicted molar refractivity (Wildman–Crippen MR) is 86.1 cm³/mol. The topological polar surface area (TPSA) is 60.0 Å². The molecule has 1 rings (SSSR count). The largest absolute Gasteiger partial charge is 0.444 e. The molecule has 1 N–H and O–H groups in total. The number of hydrogen-bond acceptors (Lipinski definition) is 5. The maximum Gasteiger partial charge on any atom is 0.410 e. The van der Waals surface area contributed by atoms with Crippen LogP contribution in [-0.2, 0) is 14.2 Å². The Morgan fingerprint density at radius 3 is 2.41 bits per heavy atom. The zero-order chi connectivity index (χ0) is 16.6. The zero-order valence-corrected chi connectivity index (χ0v) is 14.7. The quantitative estimate of drug-likeness (QED) is 0.667. The van der Waals surface area contributed by atoms with Crippen LogP contribution in [0.3, 0.4) is 0 Å². The SMILES string of the molecule is COCCN(CCNC(COC)C1CC1)C(=O)OC(C)(C)C. The van der Waals surface area contributed by atoms with Crippen molar-refractivity contribution in [1.82, 2.24) is 10.2 Å². The Morgan fingerprint density at radius 2 is 1.91 bits per heavy atom. The van der Waals surface area contributed by atoms with E-state index in [1.54, 1.807) is 19.1 Å². The minimum atomic E-state index is -0.484. The van der Waals surface area contributed by atoms with Gasteiger partial charge in [0.25, 0.3) is 0 Å². The van der Waals surface area contributed by atoms with Gasteiger partial charge >= 0.3 is 6.09 Å². The van der Waals surface area contributed by atoms with Crippen molar-refractivity contribution in [1.29, 1.82) is 0 Å². The van der Waals surface area contributed by atoms with Crippen LogP contribution in [0.2, 0.25) is 0 Å². The van der Waals surface area contributed by atoms with Crippen LogP contribution in [0.15, 0.2) is 0 Å². The Labute approximate surface area is 134 Å². The van der Waals surface area contributed by atoms with E-state index in [1.165, 1.54) is 12.8 Å². The molecule has 0 saturated heterocycles. The van der Waals surface area contributed by atoms with Gasteiger partial charge in [-0.2, -0.15) is 0 Å². The molecule has 0 bridgehead atoms. The van der Waals surface area contributed by atoms with E-state index in [0.29, 0.717) is 31.7 Å². The molecule has 0 aromatic carbocycles. The number of carbonyl (C=O) groups excluding carboxylic acids is 1. The minimum Gasteiger partial charge on any atom is -0.444 e. The fourth-order valence-corrected chi connectivity index (χ4v) is 2.25. The number of amides is 1. The van der Waals surface area contributed by atoms with E-state index in [-0.39, 0.29) is 6.09 Å². The molecule has 1 fully saturated rings. The number of rotatable bonds is 10. The lowest BCUT2D eigenvalue weighted by molar-refractivity contribution is 0.0200. The number of hydrogen-bond donors (Lipinski definition) is 1. The van der Waals surface area contributed by atoms with Crippen molar-refractivity contribution in [3.63, 3.8) is 0 Å². The standard InChI is InChI=1S/C16H32N2O4/c1-16(2,3)22-15(19)18(10-11-20-4)9-8-17-14(12-21-5)13-6-7-13/h13-14,17H,6-12H2,1-5H3. The van der Waals surface area contributed by atoms with Crippen molar-refractivity contribution in [2.45, 2.75) is 45.3 Å². The van der Waals surface area contributed by atoms with Gasteiger partial charge in [0.1, 0.15) is 5.60 Å². The van der Waals surface area contributed by atoms with Gasteiger partial charge < -0.3 is 24.4 Å². The van der Waals surface area contributed by atoms with Gasteiger partial charge in [0.05, 0.1) is 13.2 Å². The Bertz CT molecular complexity index is 327. The number of nitrogens with zero attached hydrogens (tertiary/aromatic N) is 1. The summed E-state index contributed by atoms with van der Waals surface area (Å²) in [7, 11) is 3.36. The van der Waals surface area contributed by atoms with Crippen molar-refractivity contribution < 1.29 is 19.0 Å².